The lowest BCUT2D eigenvalue weighted by atomic mass is 9.75. The van der Waals surface area contributed by atoms with Crippen LogP contribution in [0.5, 0.6) is 0 Å². The fraction of sp³-hybridized carbons (Fsp3) is 0.421. The molecule has 1 aliphatic heterocycles. The number of carbonyl (C=O) groups excluding carboxylic acids is 1. The minimum absolute atomic E-state index is 0.0368. The molecule has 0 spiro atoms. The van der Waals surface area contributed by atoms with E-state index in [9.17, 15) is 4.79 Å². The Balaban J connectivity index is 1.69. The van der Waals surface area contributed by atoms with Crippen LogP contribution in [-0.4, -0.2) is 25.8 Å². The minimum Gasteiger partial charge on any atom is -0.465 e. The molecule has 2 aromatic carbocycles. The Morgan fingerprint density at radius 2 is 2.05 bits per heavy atom. The first kappa shape index (κ1) is 13.8. The number of hydrogen-bond donors (Lipinski definition) is 0. The molecular formula is C19H20O3. The van der Waals surface area contributed by atoms with E-state index in [0.717, 1.165) is 19.3 Å². The molecule has 2 aliphatic rings. The molecule has 3 nitrogen and oxygen atoms in total. The highest BCUT2D eigenvalue weighted by atomic mass is 16.5. The van der Waals surface area contributed by atoms with Gasteiger partial charge in [0.2, 0.25) is 0 Å². The molecule has 0 aromatic heterocycles. The van der Waals surface area contributed by atoms with E-state index >= 15 is 0 Å². The van der Waals surface area contributed by atoms with Gasteiger partial charge in [0.05, 0.1) is 18.1 Å². The van der Waals surface area contributed by atoms with Gasteiger partial charge in [0.25, 0.3) is 0 Å². The van der Waals surface area contributed by atoms with Gasteiger partial charge in [-0.25, -0.2) is 0 Å². The van der Waals surface area contributed by atoms with Crippen molar-refractivity contribution in [2.45, 2.75) is 25.4 Å². The molecule has 0 bridgehead atoms. The van der Waals surface area contributed by atoms with Gasteiger partial charge in [-0.2, -0.15) is 0 Å². The van der Waals surface area contributed by atoms with E-state index in [2.05, 4.69) is 30.3 Å². The predicted octanol–water partition coefficient (Wildman–Crippen LogP) is 3.35. The quantitative estimate of drug-likeness (QED) is 0.815. The fourth-order valence-electron chi connectivity index (χ4n) is 4.18. The highest BCUT2D eigenvalue weighted by Crippen LogP contribution is 2.51. The Labute approximate surface area is 130 Å². The molecule has 4 rings (SSSR count). The molecular weight excluding hydrogens is 276 g/mol. The number of esters is 1. The van der Waals surface area contributed by atoms with Gasteiger partial charge in [-0.05, 0) is 35.6 Å². The number of rotatable bonds is 3. The summed E-state index contributed by atoms with van der Waals surface area (Å²) in [4.78, 5) is 12.4. The maximum absolute atomic E-state index is 12.4. The SMILES string of the molecule is COC1CC2COC(=O)C2(Cc2ccc3ccccc3c2)C1. The van der Waals surface area contributed by atoms with Crippen LogP contribution in [0.4, 0.5) is 0 Å². The number of carbonyl (C=O) groups is 1. The van der Waals surface area contributed by atoms with Crippen molar-refractivity contribution in [3.63, 3.8) is 0 Å². The van der Waals surface area contributed by atoms with Crippen molar-refractivity contribution in [1.29, 1.82) is 0 Å². The summed E-state index contributed by atoms with van der Waals surface area (Å²) in [5.74, 6) is 0.252. The summed E-state index contributed by atoms with van der Waals surface area (Å²) in [6.07, 6.45) is 2.63. The van der Waals surface area contributed by atoms with E-state index < -0.39 is 0 Å². The summed E-state index contributed by atoms with van der Waals surface area (Å²) < 4.78 is 10.9. The van der Waals surface area contributed by atoms with Gasteiger partial charge in [-0.3, -0.25) is 4.79 Å². The van der Waals surface area contributed by atoms with Crippen molar-refractivity contribution in [2.75, 3.05) is 13.7 Å². The maximum Gasteiger partial charge on any atom is 0.312 e. The number of cyclic esters (lactones) is 1. The van der Waals surface area contributed by atoms with Crippen LogP contribution in [0.15, 0.2) is 42.5 Å². The molecule has 0 amide bonds. The Hall–Kier alpha value is -1.87. The van der Waals surface area contributed by atoms with Gasteiger partial charge >= 0.3 is 5.97 Å². The van der Waals surface area contributed by atoms with Crippen molar-refractivity contribution in [3.8, 4) is 0 Å². The normalized spacial score (nSPS) is 30.5. The molecule has 1 aliphatic carbocycles. The lowest BCUT2D eigenvalue weighted by Crippen LogP contribution is -2.32. The van der Waals surface area contributed by atoms with E-state index in [4.69, 9.17) is 9.47 Å². The number of hydrogen-bond acceptors (Lipinski definition) is 3. The Bertz CT molecular complexity index is 723. The molecule has 2 fully saturated rings. The van der Waals surface area contributed by atoms with Crippen LogP contribution < -0.4 is 0 Å². The van der Waals surface area contributed by atoms with Crippen molar-refractivity contribution >= 4 is 16.7 Å². The van der Waals surface area contributed by atoms with Crippen molar-refractivity contribution in [1.82, 2.24) is 0 Å². The van der Waals surface area contributed by atoms with E-state index in [1.54, 1.807) is 7.11 Å². The second kappa shape index (κ2) is 5.10. The van der Waals surface area contributed by atoms with Crippen molar-refractivity contribution < 1.29 is 14.3 Å². The van der Waals surface area contributed by atoms with E-state index in [-0.39, 0.29) is 23.4 Å². The highest BCUT2D eigenvalue weighted by Gasteiger charge is 2.57. The van der Waals surface area contributed by atoms with Crippen molar-refractivity contribution in [2.24, 2.45) is 11.3 Å². The molecule has 0 radical (unpaired) electrons. The first-order valence-corrected chi connectivity index (χ1v) is 7.89. The average molecular weight is 296 g/mol. The zero-order valence-electron chi connectivity index (χ0n) is 12.7. The Morgan fingerprint density at radius 3 is 2.86 bits per heavy atom. The standard InChI is InChI=1S/C19H20O3/c1-21-17-9-16-12-22-18(20)19(16,11-17)10-13-6-7-14-4-2-3-5-15(14)8-13/h2-8,16-17H,9-12H2,1H3. The fourth-order valence-corrected chi connectivity index (χ4v) is 4.18. The smallest absolute Gasteiger partial charge is 0.312 e. The van der Waals surface area contributed by atoms with Crippen LogP contribution >= 0.6 is 0 Å². The predicted molar refractivity (Wildman–Crippen MR) is 84.6 cm³/mol. The molecule has 22 heavy (non-hydrogen) atoms. The van der Waals surface area contributed by atoms with Crippen LogP contribution in [0.25, 0.3) is 10.8 Å². The number of benzene rings is 2. The van der Waals surface area contributed by atoms with E-state index in [1.807, 2.05) is 12.1 Å². The average Bonchev–Trinajstić information content (AvgIpc) is 3.04. The molecule has 1 saturated heterocycles. The zero-order valence-corrected chi connectivity index (χ0v) is 12.7. The van der Waals surface area contributed by atoms with Gasteiger partial charge in [0, 0.05) is 13.0 Å². The summed E-state index contributed by atoms with van der Waals surface area (Å²) in [6.45, 7) is 0.548. The van der Waals surface area contributed by atoms with Gasteiger partial charge in [0.1, 0.15) is 0 Å². The summed E-state index contributed by atoms with van der Waals surface area (Å²) in [5.41, 5.74) is 0.822. The molecule has 2 aromatic rings. The third-order valence-corrected chi connectivity index (χ3v) is 5.41. The molecule has 1 heterocycles. The van der Waals surface area contributed by atoms with Crippen LogP contribution in [0.1, 0.15) is 18.4 Å². The molecule has 3 atom stereocenters. The summed E-state index contributed by atoms with van der Waals surface area (Å²) in [7, 11) is 1.74. The third kappa shape index (κ3) is 2.03. The number of fused-ring (bicyclic) bond motifs is 2. The maximum atomic E-state index is 12.4. The van der Waals surface area contributed by atoms with E-state index in [0.29, 0.717) is 6.61 Å². The van der Waals surface area contributed by atoms with Crippen molar-refractivity contribution in [3.05, 3.63) is 48.0 Å². The second-order valence-electron chi connectivity index (χ2n) is 6.61. The molecule has 0 N–H and O–H groups in total. The Kier molecular flexibility index (Phi) is 3.19. The van der Waals surface area contributed by atoms with E-state index in [1.165, 1.54) is 16.3 Å². The summed E-state index contributed by atoms with van der Waals surface area (Å²) in [6, 6.07) is 14.8. The van der Waals surface area contributed by atoms with Gasteiger partial charge in [0.15, 0.2) is 0 Å². The number of ether oxygens (including phenoxy) is 2. The van der Waals surface area contributed by atoms with Gasteiger partial charge in [-0.15, -0.1) is 0 Å². The van der Waals surface area contributed by atoms with Crippen LogP contribution in [0, 0.1) is 11.3 Å². The van der Waals surface area contributed by atoms with Crippen LogP contribution in [0.2, 0.25) is 0 Å². The zero-order chi connectivity index (χ0) is 15.2. The largest absolute Gasteiger partial charge is 0.465 e. The number of methoxy groups -OCH3 is 1. The first-order chi connectivity index (χ1) is 10.7. The molecule has 3 heteroatoms. The third-order valence-electron chi connectivity index (χ3n) is 5.41. The molecule has 1 saturated carbocycles. The van der Waals surface area contributed by atoms with Crippen LogP contribution in [0.3, 0.4) is 0 Å². The van der Waals surface area contributed by atoms with Crippen LogP contribution in [-0.2, 0) is 20.7 Å². The topological polar surface area (TPSA) is 35.5 Å². The molecule has 3 unspecified atom stereocenters. The summed E-state index contributed by atoms with van der Waals surface area (Å²) in [5, 5.41) is 2.45. The lowest BCUT2D eigenvalue weighted by molar-refractivity contribution is -0.147. The first-order valence-electron chi connectivity index (χ1n) is 7.89. The summed E-state index contributed by atoms with van der Waals surface area (Å²) >= 11 is 0. The monoisotopic (exact) mass is 296 g/mol. The molecule has 114 valence electrons. The van der Waals surface area contributed by atoms with Gasteiger partial charge in [-0.1, -0.05) is 42.5 Å². The Morgan fingerprint density at radius 1 is 1.23 bits per heavy atom. The second-order valence-corrected chi connectivity index (χ2v) is 6.61. The van der Waals surface area contributed by atoms with Gasteiger partial charge < -0.3 is 9.47 Å². The highest BCUT2D eigenvalue weighted by molar-refractivity contribution is 5.84. The lowest BCUT2D eigenvalue weighted by Gasteiger charge is -2.24. The minimum atomic E-state index is -0.386.